The second-order valence-corrected chi connectivity index (χ2v) is 8.76. The molecule has 0 aliphatic carbocycles. The minimum Gasteiger partial charge on any atom is -0.351 e. The van der Waals surface area contributed by atoms with Crippen LogP contribution in [0.25, 0.3) is 11.0 Å². The van der Waals surface area contributed by atoms with E-state index in [0.717, 1.165) is 25.2 Å². The Morgan fingerprint density at radius 2 is 1.93 bits per heavy atom. The monoisotopic (exact) mass is 386 g/mol. The van der Waals surface area contributed by atoms with Gasteiger partial charge >= 0.3 is 0 Å². The summed E-state index contributed by atoms with van der Waals surface area (Å²) in [6.45, 7) is 6.41. The van der Waals surface area contributed by atoms with Crippen molar-refractivity contribution >= 4 is 26.9 Å². The summed E-state index contributed by atoms with van der Waals surface area (Å²) < 4.78 is 27.3. The summed E-state index contributed by atoms with van der Waals surface area (Å²) in [5.41, 5.74) is 0.972. The Labute approximate surface area is 158 Å². The summed E-state index contributed by atoms with van der Waals surface area (Å²) in [5, 5.41) is 10.8. The van der Waals surface area contributed by atoms with Gasteiger partial charge in [-0.3, -0.25) is 5.32 Å². The molecule has 2 aromatic heterocycles. The zero-order chi connectivity index (χ0) is 19.1. The first-order valence-corrected chi connectivity index (χ1v) is 10.2. The van der Waals surface area contributed by atoms with Gasteiger partial charge in [0.1, 0.15) is 12.1 Å². The van der Waals surface area contributed by atoms with Crippen LogP contribution in [0.3, 0.4) is 0 Å². The Morgan fingerprint density at radius 3 is 2.63 bits per heavy atom. The minimum absolute atomic E-state index is 0.226. The van der Waals surface area contributed by atoms with E-state index < -0.39 is 10.0 Å². The summed E-state index contributed by atoms with van der Waals surface area (Å²) >= 11 is 0. The van der Waals surface area contributed by atoms with Crippen LogP contribution >= 0.6 is 0 Å². The van der Waals surface area contributed by atoms with Crippen molar-refractivity contribution in [3.8, 4) is 0 Å². The molecule has 1 aromatic carbocycles. The molecule has 3 heterocycles. The van der Waals surface area contributed by atoms with E-state index in [9.17, 15) is 8.42 Å². The Bertz CT molecular complexity index is 1070. The number of benzene rings is 1. The topological polar surface area (TPSA) is 101 Å². The number of hydrogen-bond donors (Lipinski definition) is 3. The average Bonchev–Trinajstić information content (AvgIpc) is 3.08. The molecular formula is C18H22N6O2S. The van der Waals surface area contributed by atoms with Gasteiger partial charge in [-0.15, -0.1) is 0 Å². The SMILES string of the molecule is Cc1ccc(S(=O)(=O)n2ccc3c(NC4(C)CNCCN4)ncnc32)cc1. The summed E-state index contributed by atoms with van der Waals surface area (Å²) in [5.74, 6) is 0.594. The molecule has 1 fully saturated rings. The Kier molecular flexibility index (Phi) is 4.37. The molecule has 3 aromatic rings. The third-order valence-electron chi connectivity index (χ3n) is 4.72. The van der Waals surface area contributed by atoms with Gasteiger partial charge in [0.2, 0.25) is 0 Å². The molecule has 1 atom stereocenters. The predicted molar refractivity (Wildman–Crippen MR) is 104 cm³/mol. The lowest BCUT2D eigenvalue weighted by atomic mass is 10.1. The van der Waals surface area contributed by atoms with E-state index in [1.165, 1.54) is 16.5 Å². The Hall–Kier alpha value is -2.49. The predicted octanol–water partition coefficient (Wildman–Crippen LogP) is 1.30. The number of hydrogen-bond acceptors (Lipinski definition) is 7. The molecule has 1 aliphatic rings. The smallest absolute Gasteiger partial charge is 0.269 e. The van der Waals surface area contributed by atoms with Gasteiger partial charge in [0.15, 0.2) is 5.65 Å². The molecule has 9 heteroatoms. The minimum atomic E-state index is -3.73. The van der Waals surface area contributed by atoms with Crippen LogP contribution in [-0.4, -0.2) is 47.7 Å². The molecule has 4 rings (SSSR count). The summed E-state index contributed by atoms with van der Waals surface area (Å²) in [7, 11) is -3.73. The molecule has 1 aliphatic heterocycles. The first-order valence-electron chi connectivity index (χ1n) is 8.77. The molecule has 0 spiro atoms. The molecule has 0 amide bonds. The van der Waals surface area contributed by atoms with Crippen LogP contribution in [0, 0.1) is 6.92 Å². The Balaban J connectivity index is 1.75. The standard InChI is InChI=1S/C18H22N6O2S/c1-13-3-5-14(6-4-13)27(25,26)24-10-7-15-16(20-12-21-17(15)24)23-18(2)11-19-8-9-22-18/h3-7,10,12,19,22H,8-9,11H2,1-2H3,(H,20,21,23). The van der Waals surface area contributed by atoms with Gasteiger partial charge in [-0.05, 0) is 32.0 Å². The lowest BCUT2D eigenvalue weighted by Gasteiger charge is -2.36. The van der Waals surface area contributed by atoms with Gasteiger partial charge in [0.25, 0.3) is 10.0 Å². The van der Waals surface area contributed by atoms with Crippen LogP contribution < -0.4 is 16.0 Å². The highest BCUT2D eigenvalue weighted by atomic mass is 32.2. The lowest BCUT2D eigenvalue weighted by Crippen LogP contribution is -2.61. The van der Waals surface area contributed by atoms with Gasteiger partial charge < -0.3 is 10.6 Å². The maximum absolute atomic E-state index is 13.0. The fourth-order valence-corrected chi connectivity index (χ4v) is 4.52. The van der Waals surface area contributed by atoms with Crippen molar-refractivity contribution in [2.75, 3.05) is 25.0 Å². The van der Waals surface area contributed by atoms with Gasteiger partial charge in [-0.2, -0.15) is 0 Å². The summed E-state index contributed by atoms with van der Waals surface area (Å²) in [4.78, 5) is 8.78. The average molecular weight is 386 g/mol. The van der Waals surface area contributed by atoms with Gasteiger partial charge in [0, 0.05) is 25.8 Å². The summed E-state index contributed by atoms with van der Waals surface area (Å²) in [6, 6.07) is 8.50. The van der Waals surface area contributed by atoms with Crippen LogP contribution in [0.4, 0.5) is 5.82 Å². The highest BCUT2D eigenvalue weighted by Gasteiger charge is 2.28. The van der Waals surface area contributed by atoms with E-state index in [0.29, 0.717) is 16.9 Å². The van der Waals surface area contributed by atoms with Gasteiger partial charge in [0.05, 0.1) is 15.9 Å². The van der Waals surface area contributed by atoms with Crippen molar-refractivity contribution in [2.45, 2.75) is 24.4 Å². The van der Waals surface area contributed by atoms with Crippen molar-refractivity contribution in [1.82, 2.24) is 24.6 Å². The lowest BCUT2D eigenvalue weighted by molar-refractivity contribution is 0.333. The molecule has 1 unspecified atom stereocenters. The molecule has 0 bridgehead atoms. The molecule has 27 heavy (non-hydrogen) atoms. The number of fused-ring (bicyclic) bond motifs is 1. The zero-order valence-corrected chi connectivity index (χ0v) is 16.0. The quantitative estimate of drug-likeness (QED) is 0.621. The Morgan fingerprint density at radius 1 is 1.15 bits per heavy atom. The van der Waals surface area contributed by atoms with Crippen LogP contribution in [0.15, 0.2) is 47.8 Å². The molecular weight excluding hydrogens is 364 g/mol. The molecule has 8 nitrogen and oxygen atoms in total. The molecule has 3 N–H and O–H groups in total. The largest absolute Gasteiger partial charge is 0.351 e. The summed E-state index contributed by atoms with van der Waals surface area (Å²) in [6.07, 6.45) is 2.90. The normalized spacial score (nSPS) is 20.7. The number of piperazine rings is 1. The van der Waals surface area contributed by atoms with Crippen molar-refractivity contribution in [3.05, 3.63) is 48.4 Å². The zero-order valence-electron chi connectivity index (χ0n) is 15.2. The van der Waals surface area contributed by atoms with Crippen molar-refractivity contribution in [2.24, 2.45) is 0 Å². The van der Waals surface area contributed by atoms with Gasteiger partial charge in [-0.25, -0.2) is 22.4 Å². The van der Waals surface area contributed by atoms with E-state index >= 15 is 0 Å². The first-order chi connectivity index (χ1) is 12.9. The van der Waals surface area contributed by atoms with Crippen LogP contribution in [0.5, 0.6) is 0 Å². The van der Waals surface area contributed by atoms with E-state index in [1.54, 1.807) is 30.3 Å². The fraction of sp³-hybridized carbons (Fsp3) is 0.333. The number of rotatable bonds is 4. The molecule has 0 saturated carbocycles. The van der Waals surface area contributed by atoms with Crippen LogP contribution in [-0.2, 0) is 10.0 Å². The van der Waals surface area contributed by atoms with E-state index in [1.807, 2.05) is 13.8 Å². The van der Waals surface area contributed by atoms with Gasteiger partial charge in [-0.1, -0.05) is 17.7 Å². The van der Waals surface area contributed by atoms with E-state index in [-0.39, 0.29) is 10.6 Å². The number of nitrogens with one attached hydrogen (secondary N) is 3. The second-order valence-electron chi connectivity index (χ2n) is 6.95. The molecule has 142 valence electrons. The maximum Gasteiger partial charge on any atom is 0.269 e. The van der Waals surface area contributed by atoms with Crippen LogP contribution in [0.2, 0.25) is 0 Å². The maximum atomic E-state index is 13.0. The first kappa shape index (κ1) is 17.9. The number of nitrogens with zero attached hydrogens (tertiary/aromatic N) is 3. The van der Waals surface area contributed by atoms with Crippen molar-refractivity contribution < 1.29 is 8.42 Å². The highest BCUT2D eigenvalue weighted by Crippen LogP contribution is 2.26. The molecule has 1 saturated heterocycles. The number of aromatic nitrogens is 3. The molecule has 0 radical (unpaired) electrons. The number of anilines is 1. The fourth-order valence-electron chi connectivity index (χ4n) is 3.22. The van der Waals surface area contributed by atoms with Crippen LogP contribution in [0.1, 0.15) is 12.5 Å². The highest BCUT2D eigenvalue weighted by molar-refractivity contribution is 7.90. The second kappa shape index (κ2) is 6.59. The third-order valence-corrected chi connectivity index (χ3v) is 6.40. The third kappa shape index (κ3) is 3.29. The van der Waals surface area contributed by atoms with Crippen molar-refractivity contribution in [3.63, 3.8) is 0 Å². The van der Waals surface area contributed by atoms with Crippen molar-refractivity contribution in [1.29, 1.82) is 0 Å². The number of aryl methyl sites for hydroxylation is 1. The van der Waals surface area contributed by atoms with E-state index in [2.05, 4.69) is 25.9 Å². The van der Waals surface area contributed by atoms with E-state index in [4.69, 9.17) is 0 Å².